The van der Waals surface area contributed by atoms with E-state index in [1.54, 1.807) is 0 Å². The van der Waals surface area contributed by atoms with Crippen LogP contribution in [0.15, 0.2) is 0 Å². The van der Waals surface area contributed by atoms with Crippen molar-refractivity contribution in [2.24, 2.45) is 0 Å². The van der Waals surface area contributed by atoms with Crippen molar-refractivity contribution in [2.45, 2.75) is 72.0 Å². The summed E-state index contributed by atoms with van der Waals surface area (Å²) in [6, 6.07) is 0. The standard InChI is InChI=1S/C13H28O2/c1-4-7-9-11-14-13(6-3)15-12-10-8-5-2/h13H,4-12H2,1-3H3. The highest BCUT2D eigenvalue weighted by Crippen LogP contribution is 2.05. The zero-order valence-electron chi connectivity index (χ0n) is 10.8. The van der Waals surface area contributed by atoms with Gasteiger partial charge in [0.25, 0.3) is 0 Å². The zero-order chi connectivity index (χ0) is 11.4. The van der Waals surface area contributed by atoms with E-state index in [0.29, 0.717) is 0 Å². The van der Waals surface area contributed by atoms with Gasteiger partial charge in [-0.1, -0.05) is 46.5 Å². The van der Waals surface area contributed by atoms with E-state index >= 15 is 0 Å². The van der Waals surface area contributed by atoms with E-state index in [0.717, 1.165) is 32.5 Å². The maximum atomic E-state index is 5.65. The van der Waals surface area contributed by atoms with Crippen LogP contribution in [0.3, 0.4) is 0 Å². The second-order valence-corrected chi connectivity index (χ2v) is 3.99. The predicted octanol–water partition coefficient (Wildman–Crippen LogP) is 4.14. The van der Waals surface area contributed by atoms with E-state index in [-0.39, 0.29) is 6.29 Å². The second kappa shape index (κ2) is 12.0. The highest BCUT2D eigenvalue weighted by atomic mass is 16.7. The minimum absolute atomic E-state index is 0.0266. The fourth-order valence-electron chi connectivity index (χ4n) is 1.42. The van der Waals surface area contributed by atoms with Crippen LogP contribution in [0.1, 0.15) is 65.7 Å². The van der Waals surface area contributed by atoms with Crippen molar-refractivity contribution in [2.75, 3.05) is 13.2 Å². The summed E-state index contributed by atoms with van der Waals surface area (Å²) in [7, 11) is 0. The predicted molar refractivity (Wildman–Crippen MR) is 65.0 cm³/mol. The summed E-state index contributed by atoms with van der Waals surface area (Å²) in [5, 5.41) is 0. The number of hydrogen-bond acceptors (Lipinski definition) is 2. The molecule has 0 fully saturated rings. The number of rotatable bonds is 11. The van der Waals surface area contributed by atoms with Gasteiger partial charge in [0.05, 0.1) is 0 Å². The molecule has 15 heavy (non-hydrogen) atoms. The number of ether oxygens (including phenoxy) is 2. The minimum Gasteiger partial charge on any atom is -0.353 e. The molecule has 0 heterocycles. The van der Waals surface area contributed by atoms with Crippen molar-refractivity contribution in [1.29, 1.82) is 0 Å². The molecule has 0 aromatic heterocycles. The molecule has 0 amide bonds. The lowest BCUT2D eigenvalue weighted by Gasteiger charge is -2.16. The van der Waals surface area contributed by atoms with Crippen molar-refractivity contribution in [3.63, 3.8) is 0 Å². The van der Waals surface area contributed by atoms with Gasteiger partial charge in [0, 0.05) is 13.2 Å². The fourth-order valence-corrected chi connectivity index (χ4v) is 1.42. The largest absolute Gasteiger partial charge is 0.353 e. The van der Waals surface area contributed by atoms with Crippen molar-refractivity contribution < 1.29 is 9.47 Å². The first-order chi connectivity index (χ1) is 7.35. The molecule has 0 rings (SSSR count). The lowest BCUT2D eigenvalue weighted by Crippen LogP contribution is -2.17. The molecule has 0 aliphatic heterocycles. The number of hydrogen-bond donors (Lipinski definition) is 0. The molecule has 0 aromatic carbocycles. The molecule has 0 N–H and O–H groups in total. The molecule has 0 radical (unpaired) electrons. The maximum Gasteiger partial charge on any atom is 0.157 e. The van der Waals surface area contributed by atoms with Gasteiger partial charge in [-0.15, -0.1) is 0 Å². The van der Waals surface area contributed by atoms with Gasteiger partial charge >= 0.3 is 0 Å². The molecular formula is C13H28O2. The Balaban J connectivity index is 3.29. The third-order valence-electron chi connectivity index (χ3n) is 2.44. The Morgan fingerprint density at radius 1 is 0.733 bits per heavy atom. The van der Waals surface area contributed by atoms with Crippen molar-refractivity contribution in [3.05, 3.63) is 0 Å². The Labute approximate surface area is 95.3 Å². The summed E-state index contributed by atoms with van der Waals surface area (Å²) in [5.74, 6) is 0. The quantitative estimate of drug-likeness (QED) is 0.382. The molecule has 0 bridgehead atoms. The van der Waals surface area contributed by atoms with Gasteiger partial charge in [-0.05, 0) is 19.3 Å². The number of unbranched alkanes of at least 4 members (excludes halogenated alkanes) is 4. The van der Waals surface area contributed by atoms with E-state index in [4.69, 9.17) is 9.47 Å². The topological polar surface area (TPSA) is 18.5 Å². The Morgan fingerprint density at radius 3 is 1.53 bits per heavy atom. The molecule has 0 saturated carbocycles. The minimum atomic E-state index is 0.0266. The molecule has 0 aliphatic rings. The third kappa shape index (κ3) is 10.2. The fraction of sp³-hybridized carbons (Fsp3) is 1.00. The summed E-state index contributed by atoms with van der Waals surface area (Å²) < 4.78 is 11.3. The van der Waals surface area contributed by atoms with Gasteiger partial charge in [-0.2, -0.15) is 0 Å². The van der Waals surface area contributed by atoms with Crippen molar-refractivity contribution in [1.82, 2.24) is 0 Å². The molecular weight excluding hydrogens is 188 g/mol. The lowest BCUT2D eigenvalue weighted by molar-refractivity contribution is -0.144. The summed E-state index contributed by atoms with van der Waals surface area (Å²) in [4.78, 5) is 0. The van der Waals surface area contributed by atoms with Crippen LogP contribution in [0.2, 0.25) is 0 Å². The molecule has 92 valence electrons. The Kier molecular flexibility index (Phi) is 11.9. The van der Waals surface area contributed by atoms with Crippen molar-refractivity contribution in [3.8, 4) is 0 Å². The zero-order valence-corrected chi connectivity index (χ0v) is 10.8. The molecule has 0 saturated heterocycles. The average Bonchev–Trinajstić information content (AvgIpc) is 2.27. The SMILES string of the molecule is CCCCCOC(CC)OCCCCC. The van der Waals surface area contributed by atoms with Crippen LogP contribution in [-0.4, -0.2) is 19.5 Å². The monoisotopic (exact) mass is 216 g/mol. The molecule has 0 spiro atoms. The van der Waals surface area contributed by atoms with Crippen LogP contribution in [0, 0.1) is 0 Å². The smallest absolute Gasteiger partial charge is 0.157 e. The molecule has 0 atom stereocenters. The normalized spacial score (nSPS) is 11.2. The molecule has 0 unspecified atom stereocenters. The van der Waals surface area contributed by atoms with Gasteiger partial charge in [0.2, 0.25) is 0 Å². The Morgan fingerprint density at radius 2 is 1.20 bits per heavy atom. The average molecular weight is 216 g/mol. The third-order valence-corrected chi connectivity index (χ3v) is 2.44. The highest BCUT2D eigenvalue weighted by Gasteiger charge is 2.05. The summed E-state index contributed by atoms with van der Waals surface area (Å²) in [6.07, 6.45) is 8.31. The van der Waals surface area contributed by atoms with Crippen LogP contribution in [-0.2, 0) is 9.47 Å². The van der Waals surface area contributed by atoms with Gasteiger partial charge in [0.15, 0.2) is 6.29 Å². The Bertz CT molecular complexity index is 103. The van der Waals surface area contributed by atoms with Gasteiger partial charge in [-0.25, -0.2) is 0 Å². The van der Waals surface area contributed by atoms with Crippen LogP contribution in [0.25, 0.3) is 0 Å². The molecule has 2 heteroatoms. The first kappa shape index (κ1) is 14.9. The van der Waals surface area contributed by atoms with E-state index in [1.807, 2.05) is 0 Å². The second-order valence-electron chi connectivity index (χ2n) is 3.99. The van der Waals surface area contributed by atoms with Crippen molar-refractivity contribution >= 4 is 0 Å². The summed E-state index contributed by atoms with van der Waals surface area (Å²) >= 11 is 0. The van der Waals surface area contributed by atoms with Crippen LogP contribution in [0.4, 0.5) is 0 Å². The van der Waals surface area contributed by atoms with Crippen LogP contribution >= 0.6 is 0 Å². The first-order valence-corrected chi connectivity index (χ1v) is 6.58. The molecule has 0 aliphatic carbocycles. The molecule has 0 aromatic rings. The maximum absolute atomic E-state index is 5.65. The molecule has 2 nitrogen and oxygen atoms in total. The Hall–Kier alpha value is -0.0800. The van der Waals surface area contributed by atoms with Gasteiger partial charge in [0.1, 0.15) is 0 Å². The summed E-state index contributed by atoms with van der Waals surface area (Å²) in [6.45, 7) is 8.22. The van der Waals surface area contributed by atoms with Crippen LogP contribution < -0.4 is 0 Å². The van der Waals surface area contributed by atoms with E-state index in [9.17, 15) is 0 Å². The van der Waals surface area contributed by atoms with E-state index in [2.05, 4.69) is 20.8 Å². The summed E-state index contributed by atoms with van der Waals surface area (Å²) in [5.41, 5.74) is 0. The van der Waals surface area contributed by atoms with Crippen LogP contribution in [0.5, 0.6) is 0 Å². The first-order valence-electron chi connectivity index (χ1n) is 6.58. The lowest BCUT2D eigenvalue weighted by atomic mass is 10.3. The van der Waals surface area contributed by atoms with E-state index < -0.39 is 0 Å². The highest BCUT2D eigenvalue weighted by molar-refractivity contribution is 4.44. The van der Waals surface area contributed by atoms with Gasteiger partial charge in [-0.3, -0.25) is 0 Å². The van der Waals surface area contributed by atoms with E-state index in [1.165, 1.54) is 25.7 Å². The van der Waals surface area contributed by atoms with Gasteiger partial charge < -0.3 is 9.47 Å².